The highest BCUT2D eigenvalue weighted by Gasteiger charge is 2.22. The lowest BCUT2D eigenvalue weighted by atomic mass is 9.93. The van der Waals surface area contributed by atoms with Gasteiger partial charge >= 0.3 is 0 Å². The van der Waals surface area contributed by atoms with Crippen molar-refractivity contribution < 1.29 is 9.36 Å². The fourth-order valence-electron chi connectivity index (χ4n) is 3.81. The quantitative estimate of drug-likeness (QED) is 0.365. The Hall–Kier alpha value is -1.79. The van der Waals surface area contributed by atoms with Crippen LogP contribution in [0.1, 0.15) is 72.1 Å². The monoisotopic (exact) mass is 383 g/mol. The standard InChI is InChI=1S/C24H32O2P/c1-6-8-11-20(7-2)16-27(26)22-13-10-9-12-21(22)24(25)23-18(4)14-17(3)15-19(23)5/h9-10,12-15,20H,6-8,11,16H2,1-5H3. The van der Waals surface area contributed by atoms with Gasteiger partial charge in [-0.3, -0.25) is 9.36 Å². The fraction of sp³-hybridized carbons (Fsp3) is 0.458. The highest BCUT2D eigenvalue weighted by Crippen LogP contribution is 2.30. The van der Waals surface area contributed by atoms with Crippen LogP contribution in [0.4, 0.5) is 0 Å². The minimum absolute atomic E-state index is 0.00874. The molecule has 0 spiro atoms. The van der Waals surface area contributed by atoms with Crippen LogP contribution in [-0.4, -0.2) is 11.9 Å². The molecule has 2 atom stereocenters. The number of aryl methyl sites for hydroxylation is 3. The Kier molecular flexibility index (Phi) is 7.92. The summed E-state index contributed by atoms with van der Waals surface area (Å²) in [5.74, 6) is 0.449. The summed E-state index contributed by atoms with van der Waals surface area (Å²) in [4.78, 5) is 13.3. The maximum absolute atomic E-state index is 13.3. The molecule has 0 aliphatic carbocycles. The highest BCUT2D eigenvalue weighted by atomic mass is 31.1. The molecule has 0 bridgehead atoms. The summed E-state index contributed by atoms with van der Waals surface area (Å²) >= 11 is 0. The Morgan fingerprint density at radius 2 is 1.67 bits per heavy atom. The molecule has 2 aromatic carbocycles. The van der Waals surface area contributed by atoms with Gasteiger partial charge in [0, 0.05) is 22.6 Å². The van der Waals surface area contributed by atoms with Crippen LogP contribution in [0.3, 0.4) is 0 Å². The molecule has 0 saturated heterocycles. The van der Waals surface area contributed by atoms with E-state index in [2.05, 4.69) is 13.8 Å². The van der Waals surface area contributed by atoms with Crippen molar-refractivity contribution in [3.8, 4) is 0 Å². The lowest BCUT2D eigenvalue weighted by Crippen LogP contribution is -2.17. The molecule has 1 radical (unpaired) electrons. The molecule has 0 amide bonds. The van der Waals surface area contributed by atoms with E-state index in [1.165, 1.54) is 6.42 Å². The van der Waals surface area contributed by atoms with Crippen molar-refractivity contribution in [3.63, 3.8) is 0 Å². The van der Waals surface area contributed by atoms with Crippen molar-refractivity contribution in [3.05, 3.63) is 64.2 Å². The Balaban J connectivity index is 2.35. The van der Waals surface area contributed by atoms with Crippen LogP contribution in [0.25, 0.3) is 0 Å². The zero-order valence-corrected chi connectivity index (χ0v) is 18.2. The second-order valence-corrected chi connectivity index (χ2v) is 9.20. The smallest absolute Gasteiger partial charge is 0.194 e. The van der Waals surface area contributed by atoms with Crippen LogP contribution in [0.2, 0.25) is 0 Å². The van der Waals surface area contributed by atoms with Crippen molar-refractivity contribution in [1.29, 1.82) is 0 Å². The van der Waals surface area contributed by atoms with Crippen molar-refractivity contribution in [2.75, 3.05) is 6.16 Å². The SMILES string of the molecule is CCCCC(CC)C[P](=O)c1ccccc1C(=O)c1c(C)cc(C)cc1C. The maximum atomic E-state index is 13.3. The van der Waals surface area contributed by atoms with Gasteiger partial charge in [0.25, 0.3) is 0 Å². The number of ketones is 1. The third-order valence-electron chi connectivity index (χ3n) is 5.29. The van der Waals surface area contributed by atoms with Gasteiger partial charge in [-0.05, 0) is 56.4 Å². The van der Waals surface area contributed by atoms with Crippen LogP contribution in [0.15, 0.2) is 36.4 Å². The minimum atomic E-state index is -1.58. The molecule has 0 aliphatic heterocycles. The first kappa shape index (κ1) is 21.5. The summed E-state index contributed by atoms with van der Waals surface area (Å²) in [6, 6.07) is 11.5. The van der Waals surface area contributed by atoms with Crippen LogP contribution < -0.4 is 5.30 Å². The van der Waals surface area contributed by atoms with Crippen LogP contribution >= 0.6 is 7.80 Å². The number of unbranched alkanes of at least 4 members (excludes halogenated alkanes) is 1. The van der Waals surface area contributed by atoms with Gasteiger partial charge in [0.15, 0.2) is 5.78 Å². The largest absolute Gasteiger partial charge is 0.289 e. The van der Waals surface area contributed by atoms with E-state index in [4.69, 9.17) is 0 Å². The number of rotatable bonds is 9. The molecule has 0 saturated carbocycles. The lowest BCUT2D eigenvalue weighted by Gasteiger charge is -2.16. The van der Waals surface area contributed by atoms with E-state index in [1.807, 2.05) is 57.2 Å². The minimum Gasteiger partial charge on any atom is -0.289 e. The molecule has 2 nitrogen and oxygen atoms in total. The molecule has 145 valence electrons. The second-order valence-electron chi connectivity index (χ2n) is 7.60. The zero-order chi connectivity index (χ0) is 20.0. The van der Waals surface area contributed by atoms with Gasteiger partial charge < -0.3 is 0 Å². The van der Waals surface area contributed by atoms with Crippen LogP contribution in [-0.2, 0) is 4.57 Å². The van der Waals surface area contributed by atoms with Crippen molar-refractivity contribution in [2.24, 2.45) is 5.92 Å². The van der Waals surface area contributed by atoms with Gasteiger partial charge in [-0.1, -0.05) is 62.9 Å². The van der Waals surface area contributed by atoms with Gasteiger partial charge in [0.05, 0.1) is 0 Å². The van der Waals surface area contributed by atoms with E-state index < -0.39 is 7.80 Å². The third kappa shape index (κ3) is 5.36. The molecule has 2 unspecified atom stereocenters. The van der Waals surface area contributed by atoms with E-state index in [1.54, 1.807) is 0 Å². The summed E-state index contributed by atoms with van der Waals surface area (Å²) in [5.41, 5.74) is 4.46. The Morgan fingerprint density at radius 1 is 1.04 bits per heavy atom. The van der Waals surface area contributed by atoms with Gasteiger partial charge in [0.1, 0.15) is 7.80 Å². The first-order chi connectivity index (χ1) is 12.9. The van der Waals surface area contributed by atoms with Crippen molar-refractivity contribution in [1.82, 2.24) is 0 Å². The molecule has 0 N–H and O–H groups in total. The average molecular weight is 383 g/mol. The predicted octanol–water partition coefficient (Wildman–Crippen LogP) is 6.51. The summed E-state index contributed by atoms with van der Waals surface area (Å²) < 4.78 is 13.2. The molecule has 0 aromatic heterocycles. The lowest BCUT2D eigenvalue weighted by molar-refractivity contribution is 0.103. The van der Waals surface area contributed by atoms with Gasteiger partial charge in [-0.25, -0.2) is 0 Å². The predicted molar refractivity (Wildman–Crippen MR) is 116 cm³/mol. The van der Waals surface area contributed by atoms with E-state index in [9.17, 15) is 9.36 Å². The first-order valence-electron chi connectivity index (χ1n) is 10.0. The molecular formula is C24H32O2P. The number of hydrogen-bond acceptors (Lipinski definition) is 2. The van der Waals surface area contributed by atoms with Crippen LogP contribution in [0.5, 0.6) is 0 Å². The van der Waals surface area contributed by atoms with Gasteiger partial charge in [-0.15, -0.1) is 0 Å². The van der Waals surface area contributed by atoms with E-state index in [0.717, 1.165) is 41.5 Å². The summed E-state index contributed by atoms with van der Waals surface area (Å²) in [6.45, 7) is 10.4. The molecule has 3 heteroatoms. The third-order valence-corrected chi connectivity index (χ3v) is 7.06. The molecule has 0 aliphatic rings. The Bertz CT molecular complexity index is 800. The molecular weight excluding hydrogens is 351 g/mol. The van der Waals surface area contributed by atoms with Gasteiger partial charge in [-0.2, -0.15) is 0 Å². The van der Waals surface area contributed by atoms with E-state index in [-0.39, 0.29) is 5.78 Å². The average Bonchev–Trinajstić information content (AvgIpc) is 2.64. The second kappa shape index (κ2) is 9.95. The topological polar surface area (TPSA) is 34.1 Å². The van der Waals surface area contributed by atoms with E-state index in [0.29, 0.717) is 22.9 Å². The number of benzene rings is 2. The highest BCUT2D eigenvalue weighted by molar-refractivity contribution is 7.53. The first-order valence-corrected chi connectivity index (χ1v) is 11.5. The fourth-order valence-corrected chi connectivity index (χ4v) is 5.61. The van der Waals surface area contributed by atoms with Crippen LogP contribution in [0, 0.1) is 26.7 Å². The maximum Gasteiger partial charge on any atom is 0.194 e. The number of carbonyl (C=O) groups is 1. The summed E-state index contributed by atoms with van der Waals surface area (Å²) in [5, 5.41) is 0.715. The number of hydrogen-bond donors (Lipinski definition) is 0. The van der Waals surface area contributed by atoms with Crippen molar-refractivity contribution in [2.45, 2.75) is 60.3 Å². The molecule has 0 heterocycles. The Labute approximate surface area is 165 Å². The molecule has 0 fully saturated rings. The summed E-state index contributed by atoms with van der Waals surface area (Å²) in [6.07, 6.45) is 5.15. The van der Waals surface area contributed by atoms with E-state index >= 15 is 0 Å². The number of carbonyl (C=O) groups excluding carboxylic acids is 1. The van der Waals surface area contributed by atoms with Gasteiger partial charge in [0.2, 0.25) is 0 Å². The molecule has 2 rings (SSSR count). The normalized spacial score (nSPS) is 12.7. The van der Waals surface area contributed by atoms with Crippen molar-refractivity contribution >= 4 is 18.9 Å². The molecule has 27 heavy (non-hydrogen) atoms. The summed E-state index contributed by atoms with van der Waals surface area (Å²) in [7, 11) is -1.58. The molecule has 2 aromatic rings. The zero-order valence-electron chi connectivity index (χ0n) is 17.3. The Morgan fingerprint density at radius 3 is 2.26 bits per heavy atom.